The Bertz CT molecular complexity index is 3550. The van der Waals surface area contributed by atoms with Gasteiger partial charge in [0.15, 0.2) is 19.2 Å². The van der Waals surface area contributed by atoms with Gasteiger partial charge in [-0.1, -0.05) is 272 Å². The minimum atomic E-state index is -1.75. The zero-order chi connectivity index (χ0) is 96.7. The van der Waals surface area contributed by atoms with E-state index in [1.54, 1.807) is 81.1 Å². The second-order valence-electron chi connectivity index (χ2n) is 29.8. The largest absolute Gasteiger partial charge is 0.491 e. The minimum Gasteiger partial charge on any atom is -0.491 e. The number of esters is 5. The molecule has 0 aliphatic rings. The number of nitrogens with one attached hydrogen (secondary N) is 1. The van der Waals surface area contributed by atoms with E-state index in [1.165, 1.54) is 5.19 Å². The zero-order valence-electron chi connectivity index (χ0n) is 78.9. The fraction of sp³-hybridized carbons (Fsp3) is 0.598. The van der Waals surface area contributed by atoms with Crippen LogP contribution in [0.4, 0.5) is 0 Å². The predicted octanol–water partition coefficient (Wildman–Crippen LogP) is 24.2. The van der Waals surface area contributed by atoms with E-state index in [9.17, 15) is 48.9 Å². The molecule has 842 valence electrons. The number of thioether (sulfide) groups is 1. The maximum Gasteiger partial charge on any atom is 0.335 e. The SMILES string of the molecule is C.C.C.C.C.C.C.C.C.C.C.C.C.C.C.C.C.C=C(C)C(=O)NC[Si](C)(C)OC.C=C(C)C(=O)OCC(=O)C(C)CSCC.C=C(C)C(=O)OCC(O)COc1ccccc1CC.C=C(C)C(=O)OCOCC.C=CC(=O)OCC(O)COCC.C=CC(=O)OCC(O)COC[Si](C)(C)OC.C=C[Si](C)(C)OC.C=Cc1ccc(OCC(O)COC[Si](C)(C)OC)cc1.C=Cc1ccc([Si](C)(C)OC)cc1. The predicted molar refractivity (Wildman–Crippen MR) is 625 cm³/mol. The van der Waals surface area contributed by atoms with Crippen LogP contribution in [0.1, 0.15) is 205 Å². The third-order valence-corrected chi connectivity index (χ3v) is 28.1. The highest BCUT2D eigenvalue weighted by atomic mass is 32.2. The highest BCUT2D eigenvalue weighted by Gasteiger charge is 2.26. The van der Waals surface area contributed by atoms with Crippen LogP contribution < -0.4 is 20.0 Å². The molecular weight excluding hydrogens is 1900 g/mol. The Morgan fingerprint density at radius 1 is 0.418 bits per heavy atom. The number of carbonyl (C=O) groups is 7. The van der Waals surface area contributed by atoms with Gasteiger partial charge in [0.2, 0.25) is 47.5 Å². The Morgan fingerprint density at radius 2 is 0.780 bits per heavy atom. The van der Waals surface area contributed by atoms with E-state index in [2.05, 4.69) is 142 Å². The van der Waals surface area contributed by atoms with E-state index >= 15 is 0 Å². The lowest BCUT2D eigenvalue weighted by atomic mass is 10.1. The summed E-state index contributed by atoms with van der Waals surface area (Å²) in [5, 5.41) is 42.0. The molecule has 0 radical (unpaired) electrons. The molecule has 0 bridgehead atoms. The monoisotopic (exact) mass is 2120 g/mol. The molecule has 0 heterocycles. The number of para-hydroxylation sites is 1. The Hall–Kier alpha value is -7.68. The Labute approximate surface area is 876 Å². The average molecular weight is 2130 g/mol. The molecule has 0 aliphatic heterocycles. The van der Waals surface area contributed by atoms with Crippen molar-refractivity contribution >= 4 is 112 Å². The summed E-state index contributed by atoms with van der Waals surface area (Å²) >= 11 is 1.71. The molecule has 141 heavy (non-hydrogen) atoms. The second kappa shape index (κ2) is 114. The molecule has 5 unspecified atom stereocenters. The summed E-state index contributed by atoms with van der Waals surface area (Å²) in [4.78, 5) is 76.5. The molecule has 0 saturated heterocycles. The highest BCUT2D eigenvalue weighted by Crippen LogP contribution is 2.19. The molecule has 3 rings (SSSR count). The van der Waals surface area contributed by atoms with Crippen molar-refractivity contribution in [2.75, 3.05) is 145 Å². The quantitative estimate of drug-likeness (QED) is 0.00875. The Balaban J connectivity index is -0.0000000527. The smallest absolute Gasteiger partial charge is 0.335 e. The first kappa shape index (κ1) is 192. The van der Waals surface area contributed by atoms with E-state index in [-0.39, 0.29) is 210 Å². The van der Waals surface area contributed by atoms with Crippen LogP contribution in [0, 0.1) is 5.92 Å². The molecule has 1 amide bonds. The Kier molecular flexibility index (Phi) is 155. The van der Waals surface area contributed by atoms with Crippen LogP contribution >= 0.6 is 11.8 Å². The van der Waals surface area contributed by atoms with Crippen LogP contribution in [0.2, 0.25) is 65.5 Å². The van der Waals surface area contributed by atoms with Crippen LogP contribution in [0.25, 0.3) is 12.2 Å². The standard InChI is InChI=1S/C15H24O4Si.C15H20O4.C11H18O3S.C11H16OSi.C10H20O5Si.C8H17NO2Si.C8H14O4.C7H12O3.C5H12OSi.17CH4/c1-5-13-6-8-15(9-7-13)19-11-14(16)10-18-12-20(3,4)17-2;1-4-12-7-5-6-8-14(12)18-9-13(16)10-19-15(17)11(2)3;1-5-15-7-9(4)10(12)6-14-11(13)8(2)3;1-5-10-6-8-11(9-7-10)13(3,4)12-2;1-5-10(12)15-7-9(11)6-14-8-16(3,4)13-2;1-7(2)8(10)9-6-12(4,5)11-3;1-3-8(10)12-6-7(9)5-11-4-2;1-4-9-5-10-7(8)6(2)3;1-5-7(3,4)6-2;;;;;;;;;;;;;;;;;/h5-9,14,16H,1,10-12H2,2-4H3;5-8,13,16H,2,4,9-10H2,1,3H3;9H,2,5-7H2,1,3-4H3;5-9H,1H2,2-4H3;5,9,11H,1,6-8H2,2-4H3;1,6H2,2-5H3,(H,9,10);3,7,9H,1,4-6H2,2H3;2,4-5H2,1,3H3;5H,1H2,2-4H3;17*1H4. The summed E-state index contributed by atoms with van der Waals surface area (Å²) in [7, 11) is 0.394. The second-order valence-corrected chi connectivity index (χ2v) is 51.9. The molecular formula is C107H221NO27SSi5. The summed E-state index contributed by atoms with van der Waals surface area (Å²) in [6.45, 7) is 69.7. The van der Waals surface area contributed by atoms with Crippen molar-refractivity contribution < 1.29 is 128 Å². The molecule has 0 saturated carbocycles. The molecule has 3 aromatic carbocycles. The summed E-state index contributed by atoms with van der Waals surface area (Å²) in [6.07, 6.45) is 5.21. The van der Waals surface area contributed by atoms with Crippen molar-refractivity contribution in [1.29, 1.82) is 0 Å². The van der Waals surface area contributed by atoms with Gasteiger partial charge < -0.3 is 100.0 Å². The minimum absolute atomic E-state index is 0. The fourth-order valence-electron chi connectivity index (χ4n) is 7.06. The van der Waals surface area contributed by atoms with Gasteiger partial charge in [0.25, 0.3) is 0 Å². The normalized spacial score (nSPS) is 10.4. The number of hydrogen-bond acceptors (Lipinski definition) is 28. The number of carbonyl (C=O) groups excluding carboxylic acids is 7. The first-order chi connectivity index (χ1) is 57.9. The average Bonchev–Trinajstić information content (AvgIpc) is 0.840. The molecule has 0 spiro atoms. The number of aliphatic hydroxyl groups is 4. The molecule has 3 aromatic rings. The molecule has 34 heteroatoms. The topological polar surface area (TPSA) is 360 Å². The van der Waals surface area contributed by atoms with Gasteiger partial charge in [-0.2, -0.15) is 11.8 Å². The van der Waals surface area contributed by atoms with Gasteiger partial charge in [-0.15, -0.1) is 6.58 Å². The third-order valence-electron chi connectivity index (χ3n) is 16.0. The number of hydrogen-bond donors (Lipinski definition) is 5. The number of rotatable bonds is 50. The highest BCUT2D eigenvalue weighted by molar-refractivity contribution is 7.99. The van der Waals surface area contributed by atoms with Crippen molar-refractivity contribution in [3.8, 4) is 11.5 Å². The Morgan fingerprint density at radius 3 is 1.12 bits per heavy atom. The summed E-state index contributed by atoms with van der Waals surface area (Å²) < 4.78 is 81.4. The maximum absolute atomic E-state index is 11.5. The number of ether oxygens (including phenoxy) is 11. The van der Waals surface area contributed by atoms with Gasteiger partial charge in [0.05, 0.1) is 32.3 Å². The van der Waals surface area contributed by atoms with E-state index in [0.717, 1.165) is 58.3 Å². The van der Waals surface area contributed by atoms with Crippen molar-refractivity contribution in [2.24, 2.45) is 5.92 Å². The van der Waals surface area contributed by atoms with Crippen molar-refractivity contribution in [3.05, 3.63) is 189 Å². The molecule has 28 nitrogen and oxygen atoms in total. The zero-order valence-corrected chi connectivity index (χ0v) is 84.7. The number of amides is 1. The number of aryl methyl sites for hydroxylation is 1. The first-order valence-corrected chi connectivity index (χ1v) is 56.6. The van der Waals surface area contributed by atoms with Crippen molar-refractivity contribution in [3.63, 3.8) is 0 Å². The van der Waals surface area contributed by atoms with Gasteiger partial charge in [-0.3, -0.25) is 9.59 Å². The molecule has 0 fully saturated rings. The van der Waals surface area contributed by atoms with Gasteiger partial charge in [0, 0.05) is 101 Å². The lowest BCUT2D eigenvalue weighted by molar-refractivity contribution is -0.151. The van der Waals surface area contributed by atoms with Crippen molar-refractivity contribution in [2.45, 2.75) is 285 Å². The number of aliphatic hydroxyl groups excluding tert-OH is 4. The lowest BCUT2D eigenvalue weighted by Crippen LogP contribution is -2.44. The van der Waals surface area contributed by atoms with Gasteiger partial charge in [0.1, 0.15) is 68.9 Å². The maximum atomic E-state index is 11.5. The van der Waals surface area contributed by atoms with Gasteiger partial charge in [-0.25, -0.2) is 24.0 Å². The van der Waals surface area contributed by atoms with Gasteiger partial charge >= 0.3 is 29.8 Å². The van der Waals surface area contributed by atoms with Crippen LogP contribution in [-0.2, 0) is 105 Å². The lowest BCUT2D eigenvalue weighted by Gasteiger charge is -2.21. The molecule has 0 aliphatic carbocycles. The number of benzene rings is 3. The van der Waals surface area contributed by atoms with Crippen LogP contribution in [-0.4, -0.2) is 273 Å². The summed E-state index contributed by atoms with van der Waals surface area (Å²) in [5.41, 5.74) is 6.73. The number of ketones is 1. The van der Waals surface area contributed by atoms with Gasteiger partial charge in [-0.05, 0) is 159 Å². The fourth-order valence-corrected chi connectivity index (χ4v) is 11.4. The number of Topliss-reactive ketones (excluding diaryl/α,β-unsaturated/α-hetero) is 1. The molecule has 5 atom stereocenters. The summed E-state index contributed by atoms with van der Waals surface area (Å²) in [6, 6.07) is 23.6. The van der Waals surface area contributed by atoms with Crippen molar-refractivity contribution in [1.82, 2.24) is 5.32 Å². The third kappa shape index (κ3) is 114. The van der Waals surface area contributed by atoms with E-state index < -0.39 is 95.8 Å². The van der Waals surface area contributed by atoms with E-state index in [1.807, 2.05) is 121 Å². The van der Waals surface area contributed by atoms with Crippen LogP contribution in [0.15, 0.2) is 172 Å². The van der Waals surface area contributed by atoms with Crippen LogP contribution in [0.5, 0.6) is 11.5 Å². The molecule has 5 N–H and O–H groups in total. The van der Waals surface area contributed by atoms with E-state index in [0.29, 0.717) is 54.1 Å². The summed E-state index contributed by atoms with van der Waals surface area (Å²) in [5.74, 6) is 0.544. The molecule has 0 aromatic heterocycles. The van der Waals surface area contributed by atoms with E-state index in [4.69, 9.17) is 65.1 Å². The first-order valence-electron chi connectivity index (χ1n) is 40.2. The van der Waals surface area contributed by atoms with Crippen LogP contribution in [0.3, 0.4) is 0 Å².